The van der Waals surface area contributed by atoms with Gasteiger partial charge in [0.25, 0.3) is 0 Å². The fourth-order valence-electron chi connectivity index (χ4n) is 3.95. The zero-order chi connectivity index (χ0) is 11.4. The molecule has 0 saturated heterocycles. The van der Waals surface area contributed by atoms with Gasteiger partial charge in [0, 0.05) is 5.41 Å². The van der Waals surface area contributed by atoms with Crippen LogP contribution in [0.1, 0.15) is 46.5 Å². The Hall–Kier alpha value is -0.720. The van der Waals surface area contributed by atoms with Gasteiger partial charge in [0.2, 0.25) is 0 Å². The topological polar surface area (TPSA) is 9.23 Å². The van der Waals surface area contributed by atoms with Crippen LogP contribution in [0.3, 0.4) is 0 Å². The zero-order valence-corrected chi connectivity index (χ0v) is 10.6. The molecule has 0 N–H and O–H groups in total. The highest BCUT2D eigenvalue weighted by Gasteiger charge is 2.57. The Labute approximate surface area is 98.6 Å². The average Bonchev–Trinajstić information content (AvgIpc) is 2.57. The summed E-state index contributed by atoms with van der Waals surface area (Å²) < 4.78 is 6.12. The predicted molar refractivity (Wildman–Crippen MR) is 65.9 cm³/mol. The van der Waals surface area contributed by atoms with Gasteiger partial charge in [-0.3, -0.25) is 0 Å². The maximum absolute atomic E-state index is 6.12. The van der Waals surface area contributed by atoms with E-state index >= 15 is 0 Å². The molecule has 3 atom stereocenters. The number of allylic oxidation sites excluding steroid dienone is 3. The normalized spacial score (nSPS) is 45.2. The fraction of sp³-hybridized carbons (Fsp3) is 0.733. The van der Waals surface area contributed by atoms with Crippen LogP contribution in [-0.4, -0.2) is 5.60 Å². The molecule has 16 heavy (non-hydrogen) atoms. The van der Waals surface area contributed by atoms with Crippen LogP contribution in [0.25, 0.3) is 0 Å². The molecule has 1 fully saturated rings. The standard InChI is InChI=1S/C15H22O/c1-11(2)15-8-7-14(10-15)12(3)5-4-6-13(14)9-16-15/h4,6,9,11-12H,5,7-8,10H2,1-3H3/t12-,14-,15+/m0/s1. The Balaban J connectivity index is 2.05. The molecule has 1 nitrogen and oxygen atoms in total. The minimum atomic E-state index is 0.142. The summed E-state index contributed by atoms with van der Waals surface area (Å²) in [5, 5.41) is 0. The number of ether oxygens (including phenoxy) is 1. The van der Waals surface area contributed by atoms with Crippen molar-refractivity contribution >= 4 is 0 Å². The Morgan fingerprint density at radius 2 is 2.19 bits per heavy atom. The number of hydrogen-bond acceptors (Lipinski definition) is 1. The lowest BCUT2D eigenvalue weighted by molar-refractivity contribution is -0.0409. The largest absolute Gasteiger partial charge is 0.494 e. The molecule has 1 heterocycles. The Morgan fingerprint density at radius 1 is 1.38 bits per heavy atom. The number of hydrogen-bond donors (Lipinski definition) is 0. The molecule has 1 aliphatic heterocycles. The molecule has 1 heteroatoms. The molecule has 0 aromatic heterocycles. The van der Waals surface area contributed by atoms with Crippen molar-refractivity contribution in [1.82, 2.24) is 0 Å². The molecule has 0 radical (unpaired) electrons. The lowest BCUT2D eigenvalue weighted by Gasteiger charge is -2.45. The quantitative estimate of drug-likeness (QED) is 0.645. The van der Waals surface area contributed by atoms with Crippen LogP contribution >= 0.6 is 0 Å². The van der Waals surface area contributed by atoms with E-state index in [0.717, 1.165) is 5.92 Å². The molecule has 0 unspecified atom stereocenters. The van der Waals surface area contributed by atoms with E-state index in [2.05, 4.69) is 39.2 Å². The molecule has 3 rings (SSSR count). The summed E-state index contributed by atoms with van der Waals surface area (Å²) in [6, 6.07) is 0. The molecule has 3 aliphatic rings. The zero-order valence-electron chi connectivity index (χ0n) is 10.6. The third-order valence-corrected chi connectivity index (χ3v) is 5.39. The van der Waals surface area contributed by atoms with E-state index in [4.69, 9.17) is 4.74 Å². The van der Waals surface area contributed by atoms with Gasteiger partial charge in [0.05, 0.1) is 6.26 Å². The smallest absolute Gasteiger partial charge is 0.111 e. The molecule has 2 bridgehead atoms. The Bertz CT molecular complexity index is 366. The average molecular weight is 218 g/mol. The van der Waals surface area contributed by atoms with Gasteiger partial charge in [-0.2, -0.15) is 0 Å². The second-order valence-corrected chi connectivity index (χ2v) is 6.28. The maximum Gasteiger partial charge on any atom is 0.111 e. The van der Waals surface area contributed by atoms with Gasteiger partial charge in [0.15, 0.2) is 0 Å². The first-order valence-corrected chi connectivity index (χ1v) is 6.64. The maximum atomic E-state index is 6.12. The highest BCUT2D eigenvalue weighted by atomic mass is 16.5. The highest BCUT2D eigenvalue weighted by Crippen LogP contribution is 2.61. The molecule has 1 saturated carbocycles. The van der Waals surface area contributed by atoms with E-state index in [9.17, 15) is 0 Å². The van der Waals surface area contributed by atoms with E-state index in [0.29, 0.717) is 11.3 Å². The van der Waals surface area contributed by atoms with Gasteiger partial charge < -0.3 is 4.74 Å². The summed E-state index contributed by atoms with van der Waals surface area (Å²) in [6.07, 6.45) is 11.7. The Kier molecular flexibility index (Phi) is 2.05. The molecule has 0 aromatic carbocycles. The molecular formula is C15H22O. The molecule has 1 spiro atoms. The summed E-state index contributed by atoms with van der Waals surface area (Å²) in [5.74, 6) is 1.41. The summed E-state index contributed by atoms with van der Waals surface area (Å²) in [7, 11) is 0. The minimum Gasteiger partial charge on any atom is -0.494 e. The van der Waals surface area contributed by atoms with Crippen LogP contribution in [0, 0.1) is 17.3 Å². The highest BCUT2D eigenvalue weighted by molar-refractivity contribution is 5.35. The van der Waals surface area contributed by atoms with Crippen LogP contribution in [-0.2, 0) is 4.74 Å². The molecule has 0 aromatic rings. The van der Waals surface area contributed by atoms with Gasteiger partial charge in [-0.1, -0.05) is 32.9 Å². The van der Waals surface area contributed by atoms with Crippen LogP contribution < -0.4 is 0 Å². The van der Waals surface area contributed by atoms with E-state index < -0.39 is 0 Å². The summed E-state index contributed by atoms with van der Waals surface area (Å²) in [6.45, 7) is 7.03. The van der Waals surface area contributed by atoms with Crippen molar-refractivity contribution in [2.45, 2.75) is 52.1 Å². The molecule has 88 valence electrons. The van der Waals surface area contributed by atoms with Gasteiger partial charge in [-0.15, -0.1) is 0 Å². The van der Waals surface area contributed by atoms with Crippen molar-refractivity contribution in [2.24, 2.45) is 17.3 Å². The SMILES string of the molecule is CC(C)[C@@]12CC[C@@]3(C1)C(=CO2)C=CC[C@@H]3C. The van der Waals surface area contributed by atoms with Crippen molar-refractivity contribution in [2.75, 3.05) is 0 Å². The lowest BCUT2D eigenvalue weighted by Crippen LogP contribution is -2.41. The molecule has 2 aliphatic carbocycles. The van der Waals surface area contributed by atoms with Gasteiger partial charge in [-0.05, 0) is 43.1 Å². The van der Waals surface area contributed by atoms with E-state index in [1.165, 1.54) is 31.3 Å². The second kappa shape index (κ2) is 3.15. The van der Waals surface area contributed by atoms with Crippen LogP contribution in [0.15, 0.2) is 24.0 Å². The number of rotatable bonds is 1. The molecular weight excluding hydrogens is 196 g/mol. The summed E-state index contributed by atoms with van der Waals surface area (Å²) >= 11 is 0. The van der Waals surface area contributed by atoms with Crippen molar-refractivity contribution < 1.29 is 4.74 Å². The predicted octanol–water partition coefficient (Wildman–Crippen LogP) is 4.06. The first kappa shape index (κ1) is 10.4. The van der Waals surface area contributed by atoms with E-state index in [1.807, 2.05) is 0 Å². The van der Waals surface area contributed by atoms with E-state index in [-0.39, 0.29) is 5.60 Å². The van der Waals surface area contributed by atoms with Crippen LogP contribution in [0.4, 0.5) is 0 Å². The van der Waals surface area contributed by atoms with Gasteiger partial charge in [0.1, 0.15) is 5.60 Å². The monoisotopic (exact) mass is 218 g/mol. The van der Waals surface area contributed by atoms with Crippen molar-refractivity contribution in [3.05, 3.63) is 24.0 Å². The van der Waals surface area contributed by atoms with Gasteiger partial charge >= 0.3 is 0 Å². The van der Waals surface area contributed by atoms with Crippen molar-refractivity contribution in [1.29, 1.82) is 0 Å². The van der Waals surface area contributed by atoms with E-state index in [1.54, 1.807) is 0 Å². The third-order valence-electron chi connectivity index (χ3n) is 5.39. The van der Waals surface area contributed by atoms with Crippen molar-refractivity contribution in [3.63, 3.8) is 0 Å². The van der Waals surface area contributed by atoms with Crippen LogP contribution in [0.2, 0.25) is 0 Å². The Morgan fingerprint density at radius 3 is 2.94 bits per heavy atom. The first-order valence-electron chi connectivity index (χ1n) is 6.64. The molecule has 0 amide bonds. The van der Waals surface area contributed by atoms with Gasteiger partial charge in [-0.25, -0.2) is 0 Å². The summed E-state index contributed by atoms with van der Waals surface area (Å²) in [5.41, 5.74) is 2.04. The fourth-order valence-corrected chi connectivity index (χ4v) is 3.95. The minimum absolute atomic E-state index is 0.142. The second-order valence-electron chi connectivity index (χ2n) is 6.28. The van der Waals surface area contributed by atoms with Crippen LogP contribution in [0.5, 0.6) is 0 Å². The van der Waals surface area contributed by atoms with Crippen molar-refractivity contribution in [3.8, 4) is 0 Å². The lowest BCUT2D eigenvalue weighted by atomic mass is 9.64. The third kappa shape index (κ3) is 1.12. The first-order chi connectivity index (χ1) is 7.59. The summed E-state index contributed by atoms with van der Waals surface area (Å²) in [4.78, 5) is 0. The number of fused-ring (bicyclic) bond motifs is 1.